The number of nitrogens with zero attached hydrogens (tertiary/aromatic N) is 6. The van der Waals surface area contributed by atoms with Gasteiger partial charge in [0, 0.05) is 37.9 Å². The molecule has 10 heteroatoms. The lowest BCUT2D eigenvalue weighted by Crippen LogP contribution is -2.47. The third-order valence-electron chi connectivity index (χ3n) is 5.15. The number of ether oxygens (including phenoxy) is 2. The van der Waals surface area contributed by atoms with Gasteiger partial charge in [0.1, 0.15) is 11.9 Å². The SMILES string of the molecule is COc1ccc(-c2nn(CN3CCN(c4ncccc4C#N)CC3)c(=S)o2)cc1OC. The second-order valence-corrected chi connectivity index (χ2v) is 7.32. The van der Waals surface area contributed by atoms with Crippen LogP contribution in [0.1, 0.15) is 5.56 Å². The van der Waals surface area contributed by atoms with Crippen molar-refractivity contribution in [3.8, 4) is 29.0 Å². The minimum Gasteiger partial charge on any atom is -0.493 e. The first kappa shape index (κ1) is 20.8. The van der Waals surface area contributed by atoms with E-state index in [1.807, 2.05) is 12.1 Å². The Labute approximate surface area is 185 Å². The van der Waals surface area contributed by atoms with Crippen LogP contribution in [0.5, 0.6) is 11.5 Å². The van der Waals surface area contributed by atoms with Gasteiger partial charge in [0.05, 0.1) is 26.5 Å². The topological polar surface area (TPSA) is 92.6 Å². The van der Waals surface area contributed by atoms with Crippen molar-refractivity contribution in [2.45, 2.75) is 6.67 Å². The maximum atomic E-state index is 9.31. The number of piperazine rings is 1. The highest BCUT2D eigenvalue weighted by Crippen LogP contribution is 2.31. The standard InChI is InChI=1S/C21H22N6O3S/c1-28-17-6-5-15(12-18(17)29-2)20-24-27(21(31)30-20)14-25-8-10-26(11-9-25)19-16(13-22)4-3-7-23-19/h3-7,12H,8-11,14H2,1-2H3. The molecule has 3 heterocycles. The number of hydrogen-bond acceptors (Lipinski definition) is 9. The molecule has 1 aliphatic heterocycles. The van der Waals surface area contributed by atoms with Crippen molar-refractivity contribution in [1.29, 1.82) is 5.26 Å². The Bertz CT molecular complexity index is 1160. The van der Waals surface area contributed by atoms with Gasteiger partial charge in [0.15, 0.2) is 11.5 Å². The molecule has 4 rings (SSSR count). The maximum absolute atomic E-state index is 9.31. The number of rotatable bonds is 6. The summed E-state index contributed by atoms with van der Waals surface area (Å²) in [6, 6.07) is 11.2. The molecule has 0 atom stereocenters. The second-order valence-electron chi connectivity index (χ2n) is 6.98. The highest BCUT2D eigenvalue weighted by Gasteiger charge is 2.21. The van der Waals surface area contributed by atoms with Gasteiger partial charge < -0.3 is 18.8 Å². The molecule has 1 aliphatic rings. The average molecular weight is 439 g/mol. The van der Waals surface area contributed by atoms with E-state index in [-0.39, 0.29) is 0 Å². The molecule has 1 aromatic carbocycles. The summed E-state index contributed by atoms with van der Waals surface area (Å²) in [5.41, 5.74) is 1.35. The molecule has 1 fully saturated rings. The third kappa shape index (κ3) is 4.38. The van der Waals surface area contributed by atoms with Crippen molar-refractivity contribution in [2.24, 2.45) is 0 Å². The maximum Gasteiger partial charge on any atom is 0.288 e. The van der Waals surface area contributed by atoms with E-state index >= 15 is 0 Å². The Balaban J connectivity index is 1.44. The summed E-state index contributed by atoms with van der Waals surface area (Å²) in [4.78, 5) is 9.05. The van der Waals surface area contributed by atoms with E-state index in [9.17, 15) is 5.26 Å². The number of aromatic nitrogens is 3. The molecular formula is C21H22N6O3S. The van der Waals surface area contributed by atoms with Gasteiger partial charge in [-0.05, 0) is 42.5 Å². The minimum atomic E-state index is 0.309. The zero-order valence-corrected chi connectivity index (χ0v) is 18.1. The fourth-order valence-corrected chi connectivity index (χ4v) is 3.69. The highest BCUT2D eigenvalue weighted by molar-refractivity contribution is 7.71. The first-order chi connectivity index (χ1) is 15.1. The Hall–Kier alpha value is -3.42. The summed E-state index contributed by atoms with van der Waals surface area (Å²) >= 11 is 5.38. The summed E-state index contributed by atoms with van der Waals surface area (Å²) in [5, 5.41) is 13.9. The van der Waals surface area contributed by atoms with Crippen LogP contribution in [0.4, 0.5) is 5.82 Å². The summed E-state index contributed by atoms with van der Waals surface area (Å²) in [6.45, 7) is 3.64. The van der Waals surface area contributed by atoms with Crippen LogP contribution in [0.3, 0.4) is 0 Å². The van der Waals surface area contributed by atoms with Crippen LogP contribution >= 0.6 is 12.2 Å². The lowest BCUT2D eigenvalue weighted by atomic mass is 10.2. The van der Waals surface area contributed by atoms with Crippen LogP contribution < -0.4 is 14.4 Å². The number of anilines is 1. The zero-order chi connectivity index (χ0) is 21.8. The summed E-state index contributed by atoms with van der Waals surface area (Å²) in [7, 11) is 3.17. The quantitative estimate of drug-likeness (QED) is 0.539. The largest absolute Gasteiger partial charge is 0.493 e. The van der Waals surface area contributed by atoms with Crippen LogP contribution in [0.25, 0.3) is 11.5 Å². The van der Waals surface area contributed by atoms with Gasteiger partial charge in [-0.25, -0.2) is 9.67 Å². The fraction of sp³-hybridized carbons (Fsp3) is 0.333. The number of nitriles is 1. The van der Waals surface area contributed by atoms with Crippen LogP contribution in [0, 0.1) is 16.2 Å². The smallest absolute Gasteiger partial charge is 0.288 e. The fourth-order valence-electron chi connectivity index (χ4n) is 3.51. The van der Waals surface area contributed by atoms with Crippen molar-refractivity contribution in [1.82, 2.24) is 19.7 Å². The third-order valence-corrected chi connectivity index (χ3v) is 5.44. The molecule has 0 radical (unpaired) electrons. The summed E-state index contributed by atoms with van der Waals surface area (Å²) in [5.74, 6) is 2.39. The predicted molar refractivity (Wildman–Crippen MR) is 117 cm³/mol. The van der Waals surface area contributed by atoms with Crippen LogP contribution in [-0.2, 0) is 6.67 Å². The predicted octanol–water partition coefficient (Wildman–Crippen LogP) is 2.94. The zero-order valence-electron chi connectivity index (χ0n) is 17.3. The number of methoxy groups -OCH3 is 2. The normalized spacial score (nSPS) is 14.3. The number of hydrogen-bond donors (Lipinski definition) is 0. The van der Waals surface area contributed by atoms with Gasteiger partial charge in [0.25, 0.3) is 4.84 Å². The Morgan fingerprint density at radius 3 is 2.61 bits per heavy atom. The lowest BCUT2D eigenvalue weighted by Gasteiger charge is -2.35. The second kappa shape index (κ2) is 9.16. The molecule has 0 amide bonds. The van der Waals surface area contributed by atoms with Gasteiger partial charge in [-0.3, -0.25) is 4.90 Å². The van der Waals surface area contributed by atoms with Crippen molar-refractivity contribution >= 4 is 18.0 Å². The molecule has 1 saturated heterocycles. The van der Waals surface area contributed by atoms with E-state index in [2.05, 4.69) is 26.0 Å². The molecule has 3 aromatic rings. The van der Waals surface area contributed by atoms with Crippen molar-refractivity contribution in [2.75, 3.05) is 45.3 Å². The van der Waals surface area contributed by atoms with Crippen LogP contribution in [-0.4, -0.2) is 60.1 Å². The van der Waals surface area contributed by atoms with E-state index in [0.29, 0.717) is 34.5 Å². The monoisotopic (exact) mass is 438 g/mol. The molecule has 9 nitrogen and oxygen atoms in total. The van der Waals surface area contributed by atoms with Crippen molar-refractivity contribution < 1.29 is 13.9 Å². The van der Waals surface area contributed by atoms with E-state index < -0.39 is 0 Å². The minimum absolute atomic E-state index is 0.309. The van der Waals surface area contributed by atoms with Crippen molar-refractivity contribution in [3.63, 3.8) is 0 Å². The lowest BCUT2D eigenvalue weighted by molar-refractivity contribution is 0.192. The molecule has 0 spiro atoms. The van der Waals surface area contributed by atoms with Crippen LogP contribution in [0.2, 0.25) is 0 Å². The Morgan fingerprint density at radius 2 is 1.90 bits per heavy atom. The molecule has 2 aromatic heterocycles. The van der Waals surface area contributed by atoms with Gasteiger partial charge in [-0.2, -0.15) is 5.26 Å². The molecule has 160 valence electrons. The van der Waals surface area contributed by atoms with E-state index in [0.717, 1.165) is 37.6 Å². The van der Waals surface area contributed by atoms with E-state index in [4.69, 9.17) is 26.1 Å². The van der Waals surface area contributed by atoms with Crippen molar-refractivity contribution in [3.05, 3.63) is 46.9 Å². The molecule has 0 unspecified atom stereocenters. The summed E-state index contributed by atoms with van der Waals surface area (Å²) in [6.07, 6.45) is 1.72. The Morgan fingerprint density at radius 1 is 1.13 bits per heavy atom. The van der Waals surface area contributed by atoms with Gasteiger partial charge in [-0.15, -0.1) is 5.10 Å². The number of benzene rings is 1. The molecule has 0 bridgehead atoms. The summed E-state index contributed by atoms with van der Waals surface area (Å²) < 4.78 is 18.0. The average Bonchev–Trinajstić information content (AvgIpc) is 3.19. The molecule has 0 N–H and O–H groups in total. The number of pyridine rings is 1. The van der Waals surface area contributed by atoms with E-state index in [1.165, 1.54) is 0 Å². The first-order valence-electron chi connectivity index (χ1n) is 9.75. The van der Waals surface area contributed by atoms with Crippen LogP contribution in [0.15, 0.2) is 40.9 Å². The first-order valence-corrected chi connectivity index (χ1v) is 10.2. The highest BCUT2D eigenvalue weighted by atomic mass is 32.1. The molecular weight excluding hydrogens is 416 g/mol. The molecule has 0 aliphatic carbocycles. The Kier molecular flexibility index (Phi) is 6.16. The van der Waals surface area contributed by atoms with Gasteiger partial charge >= 0.3 is 0 Å². The van der Waals surface area contributed by atoms with Gasteiger partial charge in [-0.1, -0.05) is 0 Å². The van der Waals surface area contributed by atoms with E-state index in [1.54, 1.807) is 43.3 Å². The molecule has 31 heavy (non-hydrogen) atoms. The molecule has 0 saturated carbocycles. The van der Waals surface area contributed by atoms with Gasteiger partial charge in [0.2, 0.25) is 5.89 Å².